The van der Waals surface area contributed by atoms with Gasteiger partial charge in [0.05, 0.1) is 27.7 Å². The first-order chi connectivity index (χ1) is 32.5. The minimum absolute atomic E-state index is 0.0736. The summed E-state index contributed by atoms with van der Waals surface area (Å²) in [5.74, 6) is -0.297. The maximum Gasteiger partial charge on any atom is 0.114 e. The van der Waals surface area contributed by atoms with Crippen LogP contribution in [0.4, 0.5) is 0 Å². The van der Waals surface area contributed by atoms with Crippen LogP contribution in [0.25, 0.3) is 93.9 Å². The number of rotatable bonds is 7. The number of nitrogens with zero attached hydrogens (tertiary/aromatic N) is 2. The topological polar surface area (TPSA) is 17.8 Å². The van der Waals surface area contributed by atoms with Crippen molar-refractivity contribution >= 4 is 32.6 Å². The smallest absolute Gasteiger partial charge is 0.114 e. The highest BCUT2D eigenvalue weighted by molar-refractivity contribution is 6.21. The maximum atomic E-state index is 9.55. The Morgan fingerprint density at radius 3 is 1.58 bits per heavy atom. The quantitative estimate of drug-likeness (QED) is 0.150. The van der Waals surface area contributed by atoms with Crippen molar-refractivity contribution in [1.29, 1.82) is 0 Å². The Bertz CT molecular complexity index is 3520. The van der Waals surface area contributed by atoms with Gasteiger partial charge >= 0.3 is 0 Å². The van der Waals surface area contributed by atoms with Crippen LogP contribution in [0.15, 0.2) is 200 Å². The van der Waals surface area contributed by atoms with Gasteiger partial charge in [-0.25, -0.2) is 4.98 Å². The molecule has 2 nitrogen and oxygen atoms in total. The second kappa shape index (κ2) is 13.7. The first-order valence-corrected chi connectivity index (χ1v) is 17.9. The van der Waals surface area contributed by atoms with E-state index < -0.39 is 37.4 Å². The molecule has 0 fully saturated rings. The zero-order valence-corrected chi connectivity index (χ0v) is 29.3. The largest absolute Gasteiger partial charge is 0.296 e. The molecule has 1 aromatic heterocycles. The summed E-state index contributed by atoms with van der Waals surface area (Å²) in [4.78, 5) is 4.50. The van der Waals surface area contributed by atoms with Gasteiger partial charge in [0, 0.05) is 18.8 Å². The van der Waals surface area contributed by atoms with E-state index in [9.17, 15) is 5.48 Å². The van der Waals surface area contributed by atoms with Crippen LogP contribution in [-0.4, -0.2) is 9.55 Å². The van der Waals surface area contributed by atoms with Crippen LogP contribution in [0.5, 0.6) is 0 Å². The lowest BCUT2D eigenvalue weighted by molar-refractivity contribution is 0.909. The fourth-order valence-electron chi connectivity index (χ4n) is 7.65. The minimum Gasteiger partial charge on any atom is -0.296 e. The normalized spacial score (nSPS) is 15.3. The average molecular weight is 716 g/mol. The van der Waals surface area contributed by atoms with Crippen LogP contribution in [0, 0.1) is 0 Å². The Kier molecular flexibility index (Phi) is 5.40. The van der Waals surface area contributed by atoms with E-state index in [4.69, 9.17) is 12.3 Å². The van der Waals surface area contributed by atoms with Gasteiger partial charge in [-0.3, -0.25) is 4.57 Å². The highest BCUT2D eigenvalue weighted by Gasteiger charge is 2.19. The van der Waals surface area contributed by atoms with E-state index in [0.717, 1.165) is 22.3 Å². The highest BCUT2D eigenvalue weighted by atomic mass is 15.1. The second-order valence-electron chi connectivity index (χ2n) is 13.3. The van der Waals surface area contributed by atoms with Gasteiger partial charge in [-0.2, -0.15) is 0 Å². The minimum atomic E-state index is -3.05. The lowest BCUT2D eigenvalue weighted by atomic mass is 9.84. The number of aryl methyl sites for hydroxylation is 1. The van der Waals surface area contributed by atoms with E-state index in [1.165, 1.54) is 4.57 Å². The van der Waals surface area contributed by atoms with Crippen molar-refractivity contribution in [1.82, 2.24) is 9.55 Å². The summed E-state index contributed by atoms with van der Waals surface area (Å²) in [5.41, 5.74) is 7.18. The number of hydrogen-bond acceptors (Lipinski definition) is 1. The third-order valence-corrected chi connectivity index (χ3v) is 10.1. The molecule has 0 saturated carbocycles. The molecular weight excluding hydrogens is 665 g/mol. The van der Waals surface area contributed by atoms with Crippen molar-refractivity contribution in [2.75, 3.05) is 0 Å². The Balaban J connectivity index is 1.27. The number of imidazole rings is 1. The molecule has 0 aliphatic heterocycles. The molecule has 9 aromatic carbocycles. The van der Waals surface area contributed by atoms with Crippen LogP contribution in [0.3, 0.4) is 0 Å². The molecule has 1 heterocycles. The summed E-state index contributed by atoms with van der Waals surface area (Å²) >= 11 is 0. The second-order valence-corrected chi connectivity index (χ2v) is 13.3. The van der Waals surface area contributed by atoms with E-state index in [-0.39, 0.29) is 62.7 Å². The molecule has 0 atom stereocenters. The molecule has 0 aliphatic rings. The molecule has 0 bridgehead atoms. The van der Waals surface area contributed by atoms with Crippen LogP contribution in [0.2, 0.25) is 0 Å². The van der Waals surface area contributed by atoms with Crippen LogP contribution < -0.4 is 0 Å². The Labute approximate surface area is 339 Å². The van der Waals surface area contributed by atoms with Gasteiger partial charge in [0.2, 0.25) is 0 Å². The van der Waals surface area contributed by atoms with Crippen LogP contribution >= 0.6 is 0 Å². The number of fused-ring (bicyclic) bond motifs is 3. The van der Waals surface area contributed by atoms with Crippen molar-refractivity contribution in [2.45, 2.75) is 13.2 Å². The lowest BCUT2D eigenvalue weighted by Gasteiger charge is -2.19. The summed E-state index contributed by atoms with van der Waals surface area (Å²) in [7, 11) is 0. The van der Waals surface area contributed by atoms with Crippen molar-refractivity contribution in [3.8, 4) is 61.3 Å². The van der Waals surface area contributed by atoms with Crippen LogP contribution in [-0.2, 0) is 6.37 Å². The van der Waals surface area contributed by atoms with Gasteiger partial charge in [-0.05, 0) is 108 Å². The molecule has 0 saturated heterocycles. The highest BCUT2D eigenvalue weighted by Crippen LogP contribution is 2.45. The van der Waals surface area contributed by atoms with Gasteiger partial charge < -0.3 is 0 Å². The fourth-order valence-corrected chi connectivity index (χ4v) is 7.65. The third-order valence-electron chi connectivity index (χ3n) is 10.1. The van der Waals surface area contributed by atoms with Gasteiger partial charge in [-0.1, -0.05) is 170 Å². The van der Waals surface area contributed by atoms with Crippen molar-refractivity contribution < 1.29 is 17.8 Å². The van der Waals surface area contributed by atoms with Gasteiger partial charge in [0.1, 0.15) is 5.82 Å². The zero-order chi connectivity index (χ0) is 48.0. The SMILES string of the molecule is [2H]c1c([2H])c([2H])c2c(-c3cc(-c4ccccc4)cc(-c4ccccc4)c3)c3c([2H])c([2H])c([2H])c([2H])c3c(-c3ccc(-c4ccccc4-n4c(C([2H])([2H])C([2H])([2H])[2H])nc5ccccc54)cc3)c2c1[2H]. The summed E-state index contributed by atoms with van der Waals surface area (Å²) in [6, 6.07) is 42.6. The lowest BCUT2D eigenvalue weighted by Crippen LogP contribution is -2.02. The predicted molar refractivity (Wildman–Crippen MR) is 233 cm³/mol. The van der Waals surface area contributed by atoms with Crippen molar-refractivity contribution in [3.63, 3.8) is 0 Å². The summed E-state index contributed by atoms with van der Waals surface area (Å²) in [6.45, 7) is -3.05. The van der Waals surface area contributed by atoms with E-state index in [0.29, 0.717) is 39.0 Å². The number of aromatic nitrogens is 2. The molecule has 0 amide bonds. The Morgan fingerprint density at radius 1 is 0.491 bits per heavy atom. The molecule has 0 radical (unpaired) electrons. The molecule has 2 heteroatoms. The zero-order valence-electron chi connectivity index (χ0n) is 42.3. The molecule has 0 N–H and O–H groups in total. The summed E-state index contributed by atoms with van der Waals surface area (Å²) in [5, 5.41) is 0.324. The molecule has 10 aromatic rings. The van der Waals surface area contributed by atoms with E-state index in [1.54, 1.807) is 66.7 Å². The molecular formula is C53H38N2. The standard InChI is InChI=1S/C53H38N2/c1-2-51-54-48-26-14-16-28-50(48)55(51)49-27-15-13-21-43(49)38-29-31-39(32-30-38)52-44-22-9-11-24-46(44)53(47-25-12-10-23-45(47)52)42-34-40(36-17-5-3-6-18-36)33-41(35-42)37-19-7-4-8-20-37/h3-35H,2H2,1H3/i1D3,2D2,9D,10D,11D,12D,22D,23D,24D,25D. The van der Waals surface area contributed by atoms with Crippen LogP contribution in [0.1, 0.15) is 30.5 Å². The number of benzene rings is 9. The van der Waals surface area contributed by atoms with Crippen molar-refractivity contribution in [2.24, 2.45) is 0 Å². The summed E-state index contributed by atoms with van der Waals surface area (Å²) in [6.07, 6.45) is -2.84. The molecule has 0 aliphatic carbocycles. The molecule has 0 spiro atoms. The Hall–Kier alpha value is -7.03. The van der Waals surface area contributed by atoms with Gasteiger partial charge in [0.15, 0.2) is 0 Å². The van der Waals surface area contributed by atoms with Gasteiger partial charge in [-0.15, -0.1) is 0 Å². The van der Waals surface area contributed by atoms with Crippen molar-refractivity contribution in [3.05, 3.63) is 206 Å². The Morgan fingerprint density at radius 2 is 0.982 bits per heavy atom. The molecule has 10 rings (SSSR count). The predicted octanol–water partition coefficient (Wildman–Crippen LogP) is 14.2. The maximum absolute atomic E-state index is 9.55. The number of hydrogen-bond donors (Lipinski definition) is 0. The third kappa shape index (κ3) is 5.71. The molecule has 0 unspecified atom stereocenters. The first-order valence-electron chi connectivity index (χ1n) is 24.4. The average Bonchev–Trinajstić information content (AvgIpc) is 3.76. The molecule has 260 valence electrons. The van der Waals surface area contributed by atoms with E-state index in [1.807, 2.05) is 84.9 Å². The fraction of sp³-hybridized carbons (Fsp3) is 0.0377. The van der Waals surface area contributed by atoms with Gasteiger partial charge in [0.25, 0.3) is 0 Å². The monoisotopic (exact) mass is 715 g/mol. The van der Waals surface area contributed by atoms with E-state index >= 15 is 0 Å². The summed E-state index contributed by atoms with van der Waals surface area (Å²) < 4.78 is 117. The first kappa shape index (κ1) is 21.6. The van der Waals surface area contributed by atoms with E-state index in [2.05, 4.69) is 4.98 Å². The number of para-hydroxylation sites is 3. The molecule has 55 heavy (non-hydrogen) atoms.